The van der Waals surface area contributed by atoms with Crippen LogP contribution < -0.4 is 0 Å². The van der Waals surface area contributed by atoms with Gasteiger partial charge in [-0.1, -0.05) is 31.5 Å². The number of sulfone groups is 1. The van der Waals surface area contributed by atoms with Crippen LogP contribution in [0.15, 0.2) is 29.2 Å². The van der Waals surface area contributed by atoms with Crippen LogP contribution in [-0.4, -0.2) is 26.7 Å². The Morgan fingerprint density at radius 2 is 1.94 bits per heavy atom. The summed E-state index contributed by atoms with van der Waals surface area (Å²) in [6.07, 6.45) is 1.65. The van der Waals surface area contributed by atoms with Crippen LogP contribution in [0.5, 0.6) is 0 Å². The van der Waals surface area contributed by atoms with Gasteiger partial charge in [-0.05, 0) is 25.0 Å². The molecule has 0 N–H and O–H groups in total. The van der Waals surface area contributed by atoms with E-state index in [0.29, 0.717) is 5.56 Å². The monoisotopic (exact) mass is 270 g/mol. The Morgan fingerprint density at radius 3 is 2.56 bits per heavy atom. The number of unbranched alkanes of at least 4 members (excludes halogenated alkanes) is 1. The molecule has 0 unspecified atom stereocenters. The van der Waals surface area contributed by atoms with Crippen molar-refractivity contribution in [3.05, 3.63) is 29.8 Å². The van der Waals surface area contributed by atoms with E-state index in [1.54, 1.807) is 25.1 Å². The Kier molecular flexibility index (Phi) is 5.34. The van der Waals surface area contributed by atoms with Gasteiger partial charge in [-0.3, -0.25) is 4.79 Å². The van der Waals surface area contributed by atoms with Crippen molar-refractivity contribution in [2.24, 2.45) is 0 Å². The summed E-state index contributed by atoms with van der Waals surface area (Å²) in [6.45, 7) is 3.95. The third-order valence-corrected chi connectivity index (χ3v) is 4.24. The third kappa shape index (κ3) is 4.14. The molecule has 4 nitrogen and oxygen atoms in total. The predicted octanol–water partition coefficient (Wildman–Crippen LogP) is 2.11. The largest absolute Gasteiger partial charge is 0.465 e. The van der Waals surface area contributed by atoms with Crippen LogP contribution in [-0.2, 0) is 19.4 Å². The van der Waals surface area contributed by atoms with Crippen molar-refractivity contribution < 1.29 is 17.9 Å². The average Bonchev–Trinajstić information content (AvgIpc) is 2.29. The molecule has 0 aliphatic carbocycles. The number of ether oxygens (including phenoxy) is 1. The summed E-state index contributed by atoms with van der Waals surface area (Å²) in [4.78, 5) is 11.6. The first-order chi connectivity index (χ1) is 8.47. The molecule has 0 fully saturated rings. The van der Waals surface area contributed by atoms with Crippen LogP contribution in [0.2, 0.25) is 0 Å². The maximum absolute atomic E-state index is 12.0. The Bertz CT molecular complexity index is 505. The van der Waals surface area contributed by atoms with Crippen LogP contribution in [0.3, 0.4) is 0 Å². The zero-order valence-corrected chi connectivity index (χ0v) is 11.5. The molecular weight excluding hydrogens is 252 g/mol. The van der Waals surface area contributed by atoms with Crippen molar-refractivity contribution in [3.8, 4) is 0 Å². The van der Waals surface area contributed by atoms with Gasteiger partial charge in [-0.25, -0.2) is 8.42 Å². The second-order valence-electron chi connectivity index (χ2n) is 4.10. The highest BCUT2D eigenvalue weighted by Crippen LogP contribution is 2.16. The van der Waals surface area contributed by atoms with E-state index >= 15 is 0 Å². The number of hydrogen-bond donors (Lipinski definition) is 0. The third-order valence-electron chi connectivity index (χ3n) is 2.50. The molecule has 0 aliphatic heterocycles. The van der Waals surface area contributed by atoms with Gasteiger partial charge in [0.25, 0.3) is 0 Å². The van der Waals surface area contributed by atoms with Gasteiger partial charge in [0.1, 0.15) is 0 Å². The van der Waals surface area contributed by atoms with Gasteiger partial charge in [-0.15, -0.1) is 0 Å². The molecule has 0 bridgehead atoms. The lowest BCUT2D eigenvalue weighted by Gasteiger charge is -2.07. The first kappa shape index (κ1) is 14.7. The number of rotatable bonds is 6. The quantitative estimate of drug-likeness (QED) is 0.587. The molecular formula is C13H18O4S. The Balaban J connectivity index is 2.71. The summed E-state index contributed by atoms with van der Waals surface area (Å²) in [5.41, 5.74) is 0.638. The zero-order chi connectivity index (χ0) is 13.6. The number of aryl methyl sites for hydroxylation is 1. The van der Waals surface area contributed by atoms with E-state index < -0.39 is 21.6 Å². The van der Waals surface area contributed by atoms with Crippen molar-refractivity contribution in [1.82, 2.24) is 0 Å². The summed E-state index contributed by atoms with van der Waals surface area (Å²) < 4.78 is 28.9. The molecule has 0 radical (unpaired) electrons. The lowest BCUT2D eigenvalue weighted by molar-refractivity contribution is -0.140. The van der Waals surface area contributed by atoms with Crippen molar-refractivity contribution in [1.29, 1.82) is 0 Å². The predicted molar refractivity (Wildman–Crippen MR) is 69.1 cm³/mol. The molecule has 100 valence electrons. The SMILES string of the molecule is CCCCOC(=O)CS(=O)(=O)c1ccccc1C. The smallest absolute Gasteiger partial charge is 0.321 e. The lowest BCUT2D eigenvalue weighted by Crippen LogP contribution is -2.19. The van der Waals surface area contributed by atoms with Gasteiger partial charge >= 0.3 is 5.97 Å². The molecule has 1 aromatic carbocycles. The highest BCUT2D eigenvalue weighted by molar-refractivity contribution is 7.92. The van der Waals surface area contributed by atoms with E-state index in [2.05, 4.69) is 0 Å². The van der Waals surface area contributed by atoms with Crippen LogP contribution in [0.1, 0.15) is 25.3 Å². The minimum absolute atomic E-state index is 0.192. The Hall–Kier alpha value is -1.36. The molecule has 0 spiro atoms. The van der Waals surface area contributed by atoms with Crippen molar-refractivity contribution in [3.63, 3.8) is 0 Å². The first-order valence-corrected chi connectivity index (χ1v) is 7.56. The number of hydrogen-bond acceptors (Lipinski definition) is 4. The molecule has 18 heavy (non-hydrogen) atoms. The van der Waals surface area contributed by atoms with E-state index in [4.69, 9.17) is 4.74 Å². The Labute approximate surface area is 108 Å². The molecule has 0 aliphatic rings. The zero-order valence-electron chi connectivity index (χ0n) is 10.7. The molecule has 0 aromatic heterocycles. The molecule has 1 rings (SSSR count). The summed E-state index contributed by atoms with van der Waals surface area (Å²) in [5, 5.41) is 0. The van der Waals surface area contributed by atoms with E-state index in [9.17, 15) is 13.2 Å². The van der Waals surface area contributed by atoms with Crippen molar-refractivity contribution >= 4 is 15.8 Å². The summed E-state index contributed by atoms with van der Waals surface area (Å²) in [6, 6.07) is 6.61. The minimum atomic E-state index is -3.60. The molecule has 0 saturated carbocycles. The van der Waals surface area contributed by atoms with E-state index in [1.165, 1.54) is 6.07 Å². The van der Waals surface area contributed by atoms with Gasteiger partial charge in [0.15, 0.2) is 15.6 Å². The van der Waals surface area contributed by atoms with Crippen LogP contribution >= 0.6 is 0 Å². The van der Waals surface area contributed by atoms with Crippen molar-refractivity contribution in [2.75, 3.05) is 12.4 Å². The maximum atomic E-state index is 12.0. The lowest BCUT2D eigenvalue weighted by atomic mass is 10.2. The first-order valence-electron chi connectivity index (χ1n) is 5.91. The van der Waals surface area contributed by atoms with Gasteiger partial charge in [-0.2, -0.15) is 0 Å². The Morgan fingerprint density at radius 1 is 1.28 bits per heavy atom. The fourth-order valence-corrected chi connectivity index (χ4v) is 2.90. The second kappa shape index (κ2) is 6.54. The molecule has 0 amide bonds. The van der Waals surface area contributed by atoms with Gasteiger partial charge in [0.2, 0.25) is 0 Å². The number of carbonyl (C=O) groups is 1. The summed E-state index contributed by atoms with van der Waals surface area (Å²) >= 11 is 0. The number of esters is 1. The minimum Gasteiger partial charge on any atom is -0.465 e. The molecule has 0 atom stereocenters. The highest BCUT2D eigenvalue weighted by atomic mass is 32.2. The fourth-order valence-electron chi connectivity index (χ4n) is 1.51. The van der Waals surface area contributed by atoms with Gasteiger partial charge in [0, 0.05) is 0 Å². The molecule has 5 heteroatoms. The molecule has 0 heterocycles. The summed E-state index contributed by atoms with van der Waals surface area (Å²) in [7, 11) is -3.60. The number of carbonyl (C=O) groups excluding carboxylic acids is 1. The molecule has 0 saturated heterocycles. The topological polar surface area (TPSA) is 60.4 Å². The van der Waals surface area contributed by atoms with E-state index in [-0.39, 0.29) is 11.5 Å². The summed E-state index contributed by atoms with van der Waals surface area (Å²) in [5.74, 6) is -1.28. The van der Waals surface area contributed by atoms with Gasteiger partial charge in [0.05, 0.1) is 11.5 Å². The highest BCUT2D eigenvalue weighted by Gasteiger charge is 2.21. The standard InChI is InChI=1S/C13H18O4S/c1-3-4-9-17-13(14)10-18(15,16)12-8-6-5-7-11(12)2/h5-8H,3-4,9-10H2,1-2H3. The van der Waals surface area contributed by atoms with E-state index in [1.807, 2.05) is 6.92 Å². The van der Waals surface area contributed by atoms with Crippen molar-refractivity contribution in [2.45, 2.75) is 31.6 Å². The average molecular weight is 270 g/mol. The fraction of sp³-hybridized carbons (Fsp3) is 0.462. The van der Waals surface area contributed by atoms with Crippen LogP contribution in [0, 0.1) is 6.92 Å². The second-order valence-corrected chi connectivity index (χ2v) is 6.06. The number of benzene rings is 1. The van der Waals surface area contributed by atoms with Crippen LogP contribution in [0.4, 0.5) is 0 Å². The maximum Gasteiger partial charge on any atom is 0.321 e. The molecule has 1 aromatic rings. The normalized spacial score (nSPS) is 11.2. The van der Waals surface area contributed by atoms with Gasteiger partial charge < -0.3 is 4.74 Å². The van der Waals surface area contributed by atoms with E-state index in [0.717, 1.165) is 12.8 Å². The van der Waals surface area contributed by atoms with Crippen LogP contribution in [0.25, 0.3) is 0 Å².